The first kappa shape index (κ1) is 63.0. The number of para-hydroxylation sites is 1. The standard InChI is InChI=1S/C110H86BN3Si/c1-109(2,3)85-70-95(80-44-24-11-25-45-80)108(96(71-85)81-46-26-12-27-47-81)114-103-74-87(112-100-55-35-34-54-92(100)97-66-82(58-64-101(97)112)75-36-16-7-17-37-75)60-63-98(103)111-99-69-83(77-56-61-91(62-57-77)115(88-48-28-13-29-49-88,89-50-30-14-31-51-89)90-52-32-15-33-53-90)59-65-102(99)113(104-72-86(110(4,5)6)73-105(114)106(104)111)107-93(78-40-20-9-21-41-78)67-84(76-38-18-8-19-39-76)68-94(107)79-42-22-10-23-43-79/h7-74H,1-6H3/i34D,35D,54D,55D,58D,64D,66D. The third-order valence-electron chi connectivity index (χ3n) is 23.6. The summed E-state index contributed by atoms with van der Waals surface area (Å²) in [5.41, 5.74) is 24.0. The number of nitrogens with zero attached hydrogens (tertiary/aromatic N) is 3. The first-order valence-electron chi connectivity index (χ1n) is 43.3. The summed E-state index contributed by atoms with van der Waals surface area (Å²) in [5.74, 6) is 0. The molecule has 2 aliphatic rings. The minimum atomic E-state index is -2.97. The summed E-state index contributed by atoms with van der Waals surface area (Å²) in [6, 6.07) is 132. The summed E-state index contributed by atoms with van der Waals surface area (Å²) >= 11 is 0. The fraction of sp³-hybridized carbons (Fsp3) is 0.0727. The van der Waals surface area contributed by atoms with Gasteiger partial charge in [-0.1, -0.05) is 381 Å². The minimum Gasteiger partial charge on any atom is -0.310 e. The van der Waals surface area contributed by atoms with E-state index in [1.807, 2.05) is 36.4 Å². The number of anilines is 6. The van der Waals surface area contributed by atoms with Gasteiger partial charge in [-0.05, 0) is 187 Å². The van der Waals surface area contributed by atoms with Gasteiger partial charge in [0, 0.05) is 61.5 Å². The van der Waals surface area contributed by atoms with E-state index >= 15 is 0 Å². The number of benzene rings is 17. The summed E-state index contributed by atoms with van der Waals surface area (Å²) in [6.07, 6.45) is 0. The molecule has 2 aliphatic heterocycles. The molecule has 0 fully saturated rings. The molecule has 3 heterocycles. The van der Waals surface area contributed by atoms with Gasteiger partial charge in [0.15, 0.2) is 8.07 Å². The van der Waals surface area contributed by atoms with Crippen molar-refractivity contribution in [2.45, 2.75) is 52.4 Å². The van der Waals surface area contributed by atoms with Crippen molar-refractivity contribution in [3.8, 4) is 83.6 Å². The Morgan fingerprint density at radius 3 is 1.13 bits per heavy atom. The maximum atomic E-state index is 10.4. The number of hydrogen-bond acceptors (Lipinski definition) is 2. The monoisotopic (exact) mass is 1490 g/mol. The molecule has 17 aromatic carbocycles. The van der Waals surface area contributed by atoms with E-state index in [4.69, 9.17) is 0 Å². The van der Waals surface area contributed by atoms with E-state index in [0.29, 0.717) is 11.3 Å². The van der Waals surface area contributed by atoms with E-state index in [0.717, 1.165) is 128 Å². The van der Waals surface area contributed by atoms with Crippen molar-refractivity contribution in [1.82, 2.24) is 4.57 Å². The number of fused-ring (bicyclic) bond motifs is 7. The lowest BCUT2D eigenvalue weighted by Gasteiger charge is -2.46. The molecule has 0 bridgehead atoms. The molecule has 0 spiro atoms. The van der Waals surface area contributed by atoms with Gasteiger partial charge >= 0.3 is 0 Å². The zero-order chi connectivity index (χ0) is 83.6. The second-order valence-electron chi connectivity index (χ2n) is 32.5. The van der Waals surface area contributed by atoms with Crippen LogP contribution in [0.1, 0.15) is 62.3 Å². The summed E-state index contributed by atoms with van der Waals surface area (Å²) in [5, 5.41) is 5.39. The predicted octanol–water partition coefficient (Wildman–Crippen LogP) is 24.5. The van der Waals surface area contributed by atoms with Gasteiger partial charge in [0.2, 0.25) is 0 Å². The first-order chi connectivity index (χ1) is 59.3. The van der Waals surface area contributed by atoms with E-state index in [9.17, 15) is 9.60 Å². The lowest BCUT2D eigenvalue weighted by Crippen LogP contribution is -2.74. The maximum Gasteiger partial charge on any atom is 0.252 e. The summed E-state index contributed by atoms with van der Waals surface area (Å²) in [4.78, 5) is 5.11. The van der Waals surface area contributed by atoms with Gasteiger partial charge in [0.25, 0.3) is 6.71 Å². The van der Waals surface area contributed by atoms with Gasteiger partial charge in [-0.15, -0.1) is 0 Å². The largest absolute Gasteiger partial charge is 0.310 e. The Morgan fingerprint density at radius 2 is 0.661 bits per heavy atom. The van der Waals surface area contributed by atoms with Crippen LogP contribution >= 0.6 is 0 Å². The van der Waals surface area contributed by atoms with E-state index < -0.39 is 32.3 Å². The molecule has 0 saturated heterocycles. The van der Waals surface area contributed by atoms with Crippen LogP contribution in [0.5, 0.6) is 0 Å². The van der Waals surface area contributed by atoms with Crippen molar-refractivity contribution in [3.05, 3.63) is 423 Å². The van der Waals surface area contributed by atoms with Crippen molar-refractivity contribution in [2.24, 2.45) is 0 Å². The zero-order valence-corrected chi connectivity index (χ0v) is 66.1. The molecule has 5 heteroatoms. The fourth-order valence-electron chi connectivity index (χ4n) is 18.1. The second kappa shape index (κ2) is 28.6. The third-order valence-corrected chi connectivity index (χ3v) is 28.4. The zero-order valence-electron chi connectivity index (χ0n) is 72.1. The van der Waals surface area contributed by atoms with Crippen LogP contribution in [0.4, 0.5) is 34.1 Å². The highest BCUT2D eigenvalue weighted by atomic mass is 28.3. The van der Waals surface area contributed by atoms with Gasteiger partial charge in [-0.25, -0.2) is 0 Å². The fourth-order valence-corrected chi connectivity index (χ4v) is 22.8. The minimum absolute atomic E-state index is 0.102. The summed E-state index contributed by atoms with van der Waals surface area (Å²) in [6.45, 7) is 13.2. The van der Waals surface area contributed by atoms with Crippen LogP contribution in [-0.4, -0.2) is 19.4 Å². The van der Waals surface area contributed by atoms with Crippen molar-refractivity contribution in [1.29, 1.82) is 0 Å². The van der Waals surface area contributed by atoms with Crippen LogP contribution in [-0.2, 0) is 10.8 Å². The highest BCUT2D eigenvalue weighted by molar-refractivity contribution is 7.20. The van der Waals surface area contributed by atoms with Crippen LogP contribution < -0.4 is 46.9 Å². The van der Waals surface area contributed by atoms with Crippen molar-refractivity contribution in [2.75, 3.05) is 9.80 Å². The van der Waals surface area contributed by atoms with E-state index in [1.54, 1.807) is 4.57 Å². The van der Waals surface area contributed by atoms with Crippen LogP contribution in [0.3, 0.4) is 0 Å². The third kappa shape index (κ3) is 12.2. The van der Waals surface area contributed by atoms with Gasteiger partial charge in [0.1, 0.15) is 0 Å². The molecule has 0 radical (unpaired) electrons. The predicted molar refractivity (Wildman–Crippen MR) is 494 cm³/mol. The molecule has 20 rings (SSSR count). The number of rotatable bonds is 14. The molecule has 0 unspecified atom stereocenters. The summed E-state index contributed by atoms with van der Waals surface area (Å²) < 4.78 is 71.4. The number of aromatic nitrogens is 1. The molecular formula is C110H86BN3Si. The Kier molecular flexibility index (Phi) is 15.6. The molecule has 0 amide bonds. The van der Waals surface area contributed by atoms with Crippen LogP contribution in [0.25, 0.3) is 105 Å². The molecular weight excluding hydrogens is 1400 g/mol. The van der Waals surface area contributed by atoms with Crippen LogP contribution in [0, 0.1) is 0 Å². The Labute approximate surface area is 687 Å². The molecule has 1 aromatic heterocycles. The van der Waals surface area contributed by atoms with Crippen molar-refractivity contribution < 1.29 is 9.60 Å². The molecule has 0 atom stereocenters. The van der Waals surface area contributed by atoms with Crippen LogP contribution in [0.2, 0.25) is 0 Å². The Morgan fingerprint density at radius 1 is 0.278 bits per heavy atom. The van der Waals surface area contributed by atoms with E-state index in [1.165, 1.54) is 20.7 Å². The average Bonchev–Trinajstić information content (AvgIpc) is 0.957. The lowest BCUT2D eigenvalue weighted by molar-refractivity contribution is 0.590. The maximum absolute atomic E-state index is 10.4. The van der Waals surface area contributed by atoms with E-state index in [-0.39, 0.29) is 63.0 Å². The van der Waals surface area contributed by atoms with E-state index in [2.05, 4.69) is 385 Å². The van der Waals surface area contributed by atoms with Crippen molar-refractivity contribution in [3.63, 3.8) is 0 Å². The second-order valence-corrected chi connectivity index (χ2v) is 36.4. The van der Waals surface area contributed by atoms with Gasteiger partial charge in [-0.3, -0.25) is 0 Å². The van der Waals surface area contributed by atoms with Crippen molar-refractivity contribution >= 4 is 108 Å². The Balaban J connectivity index is 0.950. The average molecular weight is 1500 g/mol. The highest BCUT2D eigenvalue weighted by Crippen LogP contribution is 2.56. The Hall–Kier alpha value is -13.6. The van der Waals surface area contributed by atoms with Gasteiger partial charge in [-0.2, -0.15) is 0 Å². The normalized spacial score (nSPS) is 13.4. The molecule has 0 N–H and O–H groups in total. The molecule has 115 heavy (non-hydrogen) atoms. The van der Waals surface area contributed by atoms with Gasteiger partial charge < -0.3 is 14.4 Å². The lowest BCUT2D eigenvalue weighted by atomic mass is 9.33. The molecule has 0 saturated carbocycles. The molecule has 18 aromatic rings. The summed E-state index contributed by atoms with van der Waals surface area (Å²) in [7, 11) is -2.97. The SMILES string of the molecule is [2H]c1c([2H])c([2H])c2c(c1[2H])c1c([2H])c(-c3ccccc3)c([2H])c([2H])c1n2-c1ccc2c(c1)N(c1c(-c3ccccc3)cc(C(C)(C)C)cc1-c1ccccc1)c1cc(C(C)(C)C)cc3c1B2c1cc(-c2ccc([Si](c4ccccc4)(c4ccccc4)c4ccccc4)cc2)ccc1N3c1c(-c2ccccc2)cc(-c2ccccc2)cc1-c1ccccc1. The van der Waals surface area contributed by atoms with Gasteiger partial charge in [0.05, 0.1) is 32.0 Å². The molecule has 0 aliphatic carbocycles. The first-order valence-corrected chi connectivity index (χ1v) is 41.8. The quantitative estimate of drug-likeness (QED) is 0.0794. The topological polar surface area (TPSA) is 11.4 Å². The van der Waals surface area contributed by atoms with Crippen LogP contribution in [0.15, 0.2) is 412 Å². The highest BCUT2D eigenvalue weighted by Gasteiger charge is 2.47. The Bertz CT molecular complexity index is 6910. The molecule has 3 nitrogen and oxygen atoms in total. The smallest absolute Gasteiger partial charge is 0.252 e. The molecule has 548 valence electrons. The number of hydrogen-bond donors (Lipinski definition) is 0.